The van der Waals surface area contributed by atoms with Gasteiger partial charge in [-0.2, -0.15) is 0 Å². The largest absolute Gasteiger partial charge is 0.495 e. The maximum Gasteiger partial charge on any atom is 0.264 e. The van der Waals surface area contributed by atoms with Crippen molar-refractivity contribution in [1.82, 2.24) is 5.32 Å². The van der Waals surface area contributed by atoms with E-state index in [-0.39, 0.29) is 17.5 Å². The van der Waals surface area contributed by atoms with Gasteiger partial charge in [0, 0.05) is 0 Å². The number of benzene rings is 3. The van der Waals surface area contributed by atoms with Crippen molar-refractivity contribution in [2.24, 2.45) is 5.92 Å². The predicted molar refractivity (Wildman–Crippen MR) is 140 cm³/mol. The third-order valence-electron chi connectivity index (χ3n) is 5.74. The molecule has 1 atom stereocenters. The molecule has 3 rings (SSSR count). The van der Waals surface area contributed by atoms with Crippen molar-refractivity contribution >= 4 is 21.6 Å². The molecule has 0 spiro atoms. The van der Waals surface area contributed by atoms with Crippen LogP contribution in [0.5, 0.6) is 5.75 Å². The monoisotopic (exact) mass is 494 g/mol. The Morgan fingerprint density at radius 2 is 1.57 bits per heavy atom. The molecule has 6 nitrogen and oxygen atoms in total. The third kappa shape index (κ3) is 6.63. The SMILES string of the molecule is COc1ccc(C)cc1N(CC(=O)NC(CC(C)C)c1ccccc1)S(=O)(=O)c1ccc(C)cc1. The van der Waals surface area contributed by atoms with E-state index >= 15 is 0 Å². The number of nitrogens with zero attached hydrogens (tertiary/aromatic N) is 1. The molecule has 1 amide bonds. The standard InChI is InChI=1S/C28H34N2O4S/c1-20(2)17-25(23-9-7-6-8-10-23)29-28(31)19-30(26-18-22(4)13-16-27(26)34-5)35(32,33)24-14-11-21(3)12-15-24/h6-16,18,20,25H,17,19H2,1-5H3,(H,29,31). The zero-order chi connectivity index (χ0) is 25.6. The molecule has 7 heteroatoms. The highest BCUT2D eigenvalue weighted by Gasteiger charge is 2.30. The molecule has 3 aromatic rings. The van der Waals surface area contributed by atoms with E-state index in [1.54, 1.807) is 36.4 Å². The molecule has 186 valence electrons. The smallest absolute Gasteiger partial charge is 0.264 e. The Morgan fingerprint density at radius 3 is 2.17 bits per heavy atom. The molecule has 0 fully saturated rings. The van der Waals surface area contributed by atoms with Crippen molar-refractivity contribution < 1.29 is 17.9 Å². The number of amides is 1. The summed E-state index contributed by atoms with van der Waals surface area (Å²) >= 11 is 0. The highest BCUT2D eigenvalue weighted by Crippen LogP contribution is 2.33. The summed E-state index contributed by atoms with van der Waals surface area (Å²) in [6.07, 6.45) is 0.730. The first-order valence-electron chi connectivity index (χ1n) is 11.7. The first-order chi connectivity index (χ1) is 16.6. The second-order valence-electron chi connectivity index (χ2n) is 9.16. The van der Waals surface area contributed by atoms with Crippen LogP contribution in [0.25, 0.3) is 0 Å². The van der Waals surface area contributed by atoms with Crippen LogP contribution in [0, 0.1) is 19.8 Å². The van der Waals surface area contributed by atoms with Gasteiger partial charge in [-0.15, -0.1) is 0 Å². The molecular formula is C28H34N2O4S. The highest BCUT2D eigenvalue weighted by molar-refractivity contribution is 7.92. The van der Waals surface area contributed by atoms with E-state index in [2.05, 4.69) is 19.2 Å². The van der Waals surface area contributed by atoms with Crippen LogP contribution in [-0.2, 0) is 14.8 Å². The number of carbonyl (C=O) groups is 1. The van der Waals surface area contributed by atoms with Crippen LogP contribution in [0.2, 0.25) is 0 Å². The topological polar surface area (TPSA) is 75.7 Å². The van der Waals surface area contributed by atoms with Crippen LogP contribution in [0.15, 0.2) is 77.7 Å². The van der Waals surface area contributed by atoms with Crippen molar-refractivity contribution in [3.05, 3.63) is 89.5 Å². The summed E-state index contributed by atoms with van der Waals surface area (Å²) in [5, 5.41) is 3.06. The molecule has 1 N–H and O–H groups in total. The van der Waals surface area contributed by atoms with Crippen LogP contribution >= 0.6 is 0 Å². The Hall–Kier alpha value is -3.32. The van der Waals surface area contributed by atoms with Crippen molar-refractivity contribution in [3.8, 4) is 5.75 Å². The molecule has 0 bridgehead atoms. The predicted octanol–water partition coefficient (Wildman–Crippen LogP) is 5.41. The van der Waals surface area contributed by atoms with E-state index in [0.717, 1.165) is 27.4 Å². The lowest BCUT2D eigenvalue weighted by molar-refractivity contribution is -0.120. The van der Waals surface area contributed by atoms with Gasteiger partial charge in [-0.3, -0.25) is 9.10 Å². The Morgan fingerprint density at radius 1 is 0.943 bits per heavy atom. The van der Waals surface area contributed by atoms with Crippen molar-refractivity contribution in [2.75, 3.05) is 18.0 Å². The number of anilines is 1. The summed E-state index contributed by atoms with van der Waals surface area (Å²) in [7, 11) is -2.56. The van der Waals surface area contributed by atoms with E-state index in [9.17, 15) is 13.2 Å². The van der Waals surface area contributed by atoms with Gasteiger partial charge in [0.15, 0.2) is 0 Å². The number of methoxy groups -OCH3 is 1. The van der Waals surface area contributed by atoms with Gasteiger partial charge < -0.3 is 10.1 Å². The zero-order valence-corrected chi connectivity index (χ0v) is 21.8. The van der Waals surface area contributed by atoms with Gasteiger partial charge in [0.2, 0.25) is 5.91 Å². The van der Waals surface area contributed by atoms with Crippen LogP contribution in [0.3, 0.4) is 0 Å². The summed E-state index contributed by atoms with van der Waals surface area (Å²) in [6, 6.07) is 21.4. The quantitative estimate of drug-likeness (QED) is 0.409. The van der Waals surface area contributed by atoms with E-state index in [1.807, 2.05) is 50.2 Å². The Bertz CT molecular complexity index is 1240. The van der Waals surface area contributed by atoms with Crippen LogP contribution in [-0.4, -0.2) is 28.0 Å². The Labute approximate surface area is 209 Å². The summed E-state index contributed by atoms with van der Waals surface area (Å²) in [5.74, 6) is 0.324. The molecule has 0 saturated heterocycles. The lowest BCUT2D eigenvalue weighted by atomic mass is 9.97. The van der Waals surface area contributed by atoms with Gasteiger partial charge in [-0.05, 0) is 61.6 Å². The highest BCUT2D eigenvalue weighted by atomic mass is 32.2. The molecule has 0 saturated carbocycles. The third-order valence-corrected chi connectivity index (χ3v) is 7.52. The van der Waals surface area contributed by atoms with Gasteiger partial charge in [0.05, 0.1) is 23.7 Å². The van der Waals surface area contributed by atoms with Crippen LogP contribution in [0.1, 0.15) is 43.0 Å². The number of sulfonamides is 1. The zero-order valence-electron chi connectivity index (χ0n) is 21.0. The molecule has 0 aliphatic heterocycles. The van der Waals surface area contributed by atoms with Crippen LogP contribution < -0.4 is 14.4 Å². The summed E-state index contributed by atoms with van der Waals surface area (Å²) in [4.78, 5) is 13.5. The minimum absolute atomic E-state index is 0.112. The molecule has 3 aromatic carbocycles. The maximum absolute atomic E-state index is 13.8. The number of ether oxygens (including phenoxy) is 1. The molecule has 0 aliphatic rings. The number of rotatable bonds is 10. The molecule has 0 radical (unpaired) electrons. The molecule has 0 aromatic heterocycles. The fourth-order valence-corrected chi connectivity index (χ4v) is 5.36. The summed E-state index contributed by atoms with van der Waals surface area (Å²) in [5.41, 5.74) is 3.10. The van der Waals surface area contributed by atoms with Gasteiger partial charge in [0.25, 0.3) is 10.0 Å². The number of nitrogens with one attached hydrogen (secondary N) is 1. The molecular weight excluding hydrogens is 460 g/mol. The van der Waals surface area contributed by atoms with E-state index in [0.29, 0.717) is 17.4 Å². The normalized spacial score (nSPS) is 12.3. The fraction of sp³-hybridized carbons (Fsp3) is 0.321. The number of aryl methyl sites for hydroxylation is 2. The van der Waals surface area contributed by atoms with Gasteiger partial charge in [0.1, 0.15) is 12.3 Å². The first kappa shape index (κ1) is 26.3. The number of hydrogen-bond donors (Lipinski definition) is 1. The lowest BCUT2D eigenvalue weighted by Gasteiger charge is -2.28. The van der Waals surface area contributed by atoms with Crippen LogP contribution in [0.4, 0.5) is 5.69 Å². The second-order valence-corrected chi connectivity index (χ2v) is 11.0. The van der Waals surface area contributed by atoms with E-state index in [1.165, 1.54) is 7.11 Å². The van der Waals surface area contributed by atoms with Gasteiger partial charge in [-0.1, -0.05) is 67.9 Å². The lowest BCUT2D eigenvalue weighted by Crippen LogP contribution is -2.42. The van der Waals surface area contributed by atoms with Crippen molar-refractivity contribution in [2.45, 2.75) is 45.1 Å². The minimum Gasteiger partial charge on any atom is -0.495 e. The average molecular weight is 495 g/mol. The Kier molecular flexibility index (Phi) is 8.57. The minimum atomic E-state index is -4.05. The van der Waals surface area contributed by atoms with Crippen molar-refractivity contribution in [3.63, 3.8) is 0 Å². The number of hydrogen-bond acceptors (Lipinski definition) is 4. The number of carbonyl (C=O) groups excluding carboxylic acids is 1. The Balaban J connectivity index is 2.00. The molecule has 0 aliphatic carbocycles. The van der Waals surface area contributed by atoms with Gasteiger partial charge >= 0.3 is 0 Å². The van der Waals surface area contributed by atoms with Gasteiger partial charge in [-0.25, -0.2) is 8.42 Å². The summed E-state index contributed by atoms with van der Waals surface area (Å²) < 4.78 is 34.2. The van der Waals surface area contributed by atoms with E-state index < -0.39 is 15.9 Å². The first-order valence-corrected chi connectivity index (χ1v) is 13.1. The van der Waals surface area contributed by atoms with E-state index in [4.69, 9.17) is 4.74 Å². The average Bonchev–Trinajstić information content (AvgIpc) is 2.82. The molecule has 0 heterocycles. The summed E-state index contributed by atoms with van der Waals surface area (Å²) in [6.45, 7) is 7.57. The van der Waals surface area contributed by atoms with Crippen molar-refractivity contribution in [1.29, 1.82) is 0 Å². The molecule has 35 heavy (non-hydrogen) atoms. The molecule has 1 unspecified atom stereocenters. The second kappa shape index (κ2) is 11.4. The fourth-order valence-electron chi connectivity index (χ4n) is 3.94. The maximum atomic E-state index is 13.8.